The first kappa shape index (κ1) is 17.7. The molecule has 1 atom stereocenters. The number of methoxy groups -OCH3 is 1. The van der Waals surface area contributed by atoms with Crippen LogP contribution < -0.4 is 14.8 Å². The Morgan fingerprint density at radius 1 is 1.24 bits per heavy atom. The minimum Gasteiger partial charge on any atom is -0.493 e. The number of rotatable bonds is 7. The molecular weight excluding hydrogens is 316 g/mol. The Kier molecular flexibility index (Phi) is 6.25. The Morgan fingerprint density at radius 2 is 2.16 bits per heavy atom. The molecule has 0 bridgehead atoms. The van der Waals surface area contributed by atoms with E-state index < -0.39 is 0 Å². The third-order valence-corrected chi connectivity index (χ3v) is 4.33. The van der Waals surface area contributed by atoms with Crippen LogP contribution in [0.2, 0.25) is 0 Å². The summed E-state index contributed by atoms with van der Waals surface area (Å²) in [5, 5.41) is 3.64. The molecule has 0 aliphatic carbocycles. The second-order valence-electron chi connectivity index (χ2n) is 6.31. The van der Waals surface area contributed by atoms with Crippen molar-refractivity contribution in [3.8, 4) is 11.6 Å². The third kappa shape index (κ3) is 4.94. The van der Waals surface area contributed by atoms with E-state index in [2.05, 4.69) is 35.4 Å². The van der Waals surface area contributed by atoms with E-state index in [1.54, 1.807) is 7.11 Å². The van der Waals surface area contributed by atoms with E-state index in [1.807, 2.05) is 18.3 Å². The van der Waals surface area contributed by atoms with Crippen molar-refractivity contribution in [1.82, 2.24) is 10.3 Å². The smallest absolute Gasteiger partial charge is 0.213 e. The Morgan fingerprint density at radius 3 is 2.96 bits per heavy atom. The first-order chi connectivity index (χ1) is 12.3. The van der Waals surface area contributed by atoms with Crippen LogP contribution in [0, 0.1) is 6.92 Å². The molecule has 0 fully saturated rings. The quantitative estimate of drug-likeness (QED) is 0.782. The molecule has 0 saturated heterocycles. The van der Waals surface area contributed by atoms with Gasteiger partial charge >= 0.3 is 0 Å². The van der Waals surface area contributed by atoms with E-state index in [9.17, 15) is 0 Å². The van der Waals surface area contributed by atoms with Gasteiger partial charge in [0.05, 0.1) is 13.2 Å². The molecule has 1 unspecified atom stereocenters. The number of aromatic nitrogens is 1. The lowest BCUT2D eigenvalue weighted by Crippen LogP contribution is -2.20. The fourth-order valence-electron chi connectivity index (χ4n) is 2.96. The van der Waals surface area contributed by atoms with Crippen LogP contribution >= 0.6 is 0 Å². The fourth-order valence-corrected chi connectivity index (χ4v) is 2.96. The molecule has 1 N–H and O–H groups in total. The van der Waals surface area contributed by atoms with Gasteiger partial charge in [0.15, 0.2) is 0 Å². The van der Waals surface area contributed by atoms with Crippen LogP contribution in [-0.2, 0) is 11.3 Å². The van der Waals surface area contributed by atoms with Crippen molar-refractivity contribution in [2.24, 2.45) is 0 Å². The van der Waals surface area contributed by atoms with Gasteiger partial charge in [0.2, 0.25) is 5.88 Å². The number of ether oxygens (including phenoxy) is 3. The molecule has 0 saturated carbocycles. The Hall–Kier alpha value is -2.11. The minimum absolute atomic E-state index is 0.302. The zero-order chi connectivity index (χ0) is 17.5. The Bertz CT molecular complexity index is 673. The maximum absolute atomic E-state index is 5.89. The molecule has 3 rings (SSSR count). The number of pyridine rings is 1. The maximum atomic E-state index is 5.89. The first-order valence-corrected chi connectivity index (χ1v) is 8.79. The number of benzene rings is 1. The molecule has 5 heteroatoms. The monoisotopic (exact) mass is 342 g/mol. The van der Waals surface area contributed by atoms with Gasteiger partial charge in [0.25, 0.3) is 0 Å². The van der Waals surface area contributed by atoms with Gasteiger partial charge in [-0.15, -0.1) is 0 Å². The van der Waals surface area contributed by atoms with Crippen LogP contribution in [0.25, 0.3) is 0 Å². The molecule has 1 aromatic carbocycles. The maximum Gasteiger partial charge on any atom is 0.213 e. The van der Waals surface area contributed by atoms with Gasteiger partial charge < -0.3 is 19.5 Å². The van der Waals surface area contributed by atoms with Crippen LogP contribution in [0.15, 0.2) is 36.5 Å². The summed E-state index contributed by atoms with van der Waals surface area (Å²) in [4.78, 5) is 4.35. The molecule has 1 aliphatic heterocycles. The van der Waals surface area contributed by atoms with Gasteiger partial charge in [-0.05, 0) is 37.0 Å². The lowest BCUT2D eigenvalue weighted by Gasteiger charge is -2.19. The number of hydrogen-bond acceptors (Lipinski definition) is 5. The number of nitrogens with zero attached hydrogens (tertiary/aromatic N) is 1. The molecule has 0 amide bonds. The number of nitrogens with one attached hydrogen (secondary N) is 1. The summed E-state index contributed by atoms with van der Waals surface area (Å²) in [5.74, 6) is 1.64. The summed E-state index contributed by atoms with van der Waals surface area (Å²) in [7, 11) is 1.66. The summed E-state index contributed by atoms with van der Waals surface area (Å²) in [6.07, 6.45) is 3.98. The second kappa shape index (κ2) is 8.83. The van der Waals surface area contributed by atoms with Crippen molar-refractivity contribution in [1.29, 1.82) is 0 Å². The minimum atomic E-state index is 0.302. The largest absolute Gasteiger partial charge is 0.493 e. The molecule has 5 nitrogen and oxygen atoms in total. The van der Waals surface area contributed by atoms with Crippen LogP contribution in [-0.4, -0.2) is 31.9 Å². The first-order valence-electron chi connectivity index (χ1n) is 8.79. The van der Waals surface area contributed by atoms with Gasteiger partial charge in [-0.25, -0.2) is 4.98 Å². The second-order valence-corrected chi connectivity index (χ2v) is 6.31. The topological polar surface area (TPSA) is 52.6 Å². The van der Waals surface area contributed by atoms with Crippen molar-refractivity contribution in [2.75, 3.05) is 26.9 Å². The van der Waals surface area contributed by atoms with E-state index in [0.717, 1.165) is 37.3 Å². The summed E-state index contributed by atoms with van der Waals surface area (Å²) in [6, 6.07) is 10.7. The summed E-state index contributed by atoms with van der Waals surface area (Å²) in [5.41, 5.74) is 3.61. The van der Waals surface area contributed by atoms with Crippen LogP contribution in [0.3, 0.4) is 0 Å². The summed E-state index contributed by atoms with van der Waals surface area (Å²) >= 11 is 0. The van der Waals surface area contributed by atoms with Crippen molar-refractivity contribution in [3.05, 3.63) is 53.2 Å². The van der Waals surface area contributed by atoms with Gasteiger partial charge in [-0.2, -0.15) is 0 Å². The van der Waals surface area contributed by atoms with Gasteiger partial charge in [0.1, 0.15) is 12.4 Å². The average molecular weight is 342 g/mol. The molecule has 2 aromatic rings. The predicted molar refractivity (Wildman–Crippen MR) is 97.1 cm³/mol. The molecule has 0 radical (unpaired) electrons. The Labute approximate surface area is 149 Å². The highest BCUT2D eigenvalue weighted by atomic mass is 16.5. The molecular formula is C20H26N2O3. The lowest BCUT2D eigenvalue weighted by molar-refractivity contribution is 0.143. The number of aryl methyl sites for hydroxylation is 1. The van der Waals surface area contributed by atoms with Gasteiger partial charge in [0, 0.05) is 37.5 Å². The van der Waals surface area contributed by atoms with E-state index in [0.29, 0.717) is 25.1 Å². The molecule has 2 heterocycles. The van der Waals surface area contributed by atoms with E-state index in [1.165, 1.54) is 11.1 Å². The highest BCUT2D eigenvalue weighted by Crippen LogP contribution is 2.32. The lowest BCUT2D eigenvalue weighted by atomic mass is 10.0. The summed E-state index contributed by atoms with van der Waals surface area (Å²) in [6.45, 7) is 4.72. The van der Waals surface area contributed by atoms with Crippen LogP contribution in [0.4, 0.5) is 0 Å². The number of hydrogen-bond donors (Lipinski definition) is 1. The van der Waals surface area contributed by atoms with Crippen LogP contribution in [0.1, 0.15) is 35.6 Å². The van der Waals surface area contributed by atoms with Crippen LogP contribution in [0.5, 0.6) is 11.6 Å². The molecule has 25 heavy (non-hydrogen) atoms. The van der Waals surface area contributed by atoms with E-state index in [-0.39, 0.29) is 0 Å². The highest BCUT2D eigenvalue weighted by molar-refractivity contribution is 5.40. The normalized spacial score (nSPS) is 16.6. The highest BCUT2D eigenvalue weighted by Gasteiger charge is 2.19. The SMILES string of the molecule is COCCOc1ccc(CNC2CCCOc3cc(C)ccc32)cn1. The molecule has 0 spiro atoms. The zero-order valence-electron chi connectivity index (χ0n) is 15.0. The van der Waals surface area contributed by atoms with Crippen molar-refractivity contribution in [3.63, 3.8) is 0 Å². The van der Waals surface area contributed by atoms with E-state index >= 15 is 0 Å². The third-order valence-electron chi connectivity index (χ3n) is 4.33. The van der Waals surface area contributed by atoms with Crippen molar-refractivity contribution in [2.45, 2.75) is 32.4 Å². The summed E-state index contributed by atoms with van der Waals surface area (Å²) < 4.78 is 16.4. The standard InChI is InChI=1S/C20H26N2O3/c1-15-5-7-17-18(4-3-9-24-19(17)12-15)21-13-16-6-8-20(22-14-16)25-11-10-23-2/h5-8,12,14,18,21H,3-4,9-11,13H2,1-2H3. The van der Waals surface area contributed by atoms with Crippen molar-refractivity contribution < 1.29 is 14.2 Å². The van der Waals surface area contributed by atoms with Gasteiger partial charge in [-0.3, -0.25) is 0 Å². The van der Waals surface area contributed by atoms with E-state index in [4.69, 9.17) is 14.2 Å². The zero-order valence-corrected chi connectivity index (χ0v) is 15.0. The Balaban J connectivity index is 1.60. The van der Waals surface area contributed by atoms with Crippen molar-refractivity contribution >= 4 is 0 Å². The molecule has 134 valence electrons. The fraction of sp³-hybridized carbons (Fsp3) is 0.450. The molecule has 1 aromatic heterocycles. The average Bonchev–Trinajstić information content (AvgIpc) is 2.83. The number of fused-ring (bicyclic) bond motifs is 1. The molecule has 1 aliphatic rings. The predicted octanol–water partition coefficient (Wildman–Crippen LogP) is 3.42. The van der Waals surface area contributed by atoms with Gasteiger partial charge in [-0.1, -0.05) is 18.2 Å².